The highest BCUT2D eigenvalue weighted by molar-refractivity contribution is 5.94. The lowest BCUT2D eigenvalue weighted by Gasteiger charge is -2.33. The van der Waals surface area contributed by atoms with Gasteiger partial charge in [-0.25, -0.2) is 0 Å². The van der Waals surface area contributed by atoms with Crippen molar-refractivity contribution < 1.29 is 14.4 Å². The van der Waals surface area contributed by atoms with E-state index in [4.69, 9.17) is 0 Å². The molecule has 1 aromatic heterocycles. The lowest BCUT2D eigenvalue weighted by atomic mass is 10.00. The minimum absolute atomic E-state index is 0.0127. The topological polar surface area (TPSA) is 91.4 Å². The number of nitrogens with zero attached hydrogens (tertiary/aromatic N) is 2. The highest BCUT2D eigenvalue weighted by Crippen LogP contribution is 2.15. The van der Waals surface area contributed by atoms with E-state index in [0.29, 0.717) is 31.5 Å². The molecule has 0 bridgehead atoms. The van der Waals surface area contributed by atoms with Crippen LogP contribution in [0.25, 0.3) is 0 Å². The lowest BCUT2D eigenvalue weighted by Crippen LogP contribution is -2.54. The SMILES string of the molecule is CC(C)C(NC(=O)Cc1ccccc1)C(=O)NC1CCN(C(=O)c2ccncc2)CC1. The monoisotopic (exact) mass is 422 g/mol. The van der Waals surface area contributed by atoms with Gasteiger partial charge in [-0.05, 0) is 36.5 Å². The molecule has 1 unspecified atom stereocenters. The molecule has 1 fully saturated rings. The maximum atomic E-state index is 12.9. The summed E-state index contributed by atoms with van der Waals surface area (Å²) in [5.74, 6) is -0.387. The number of hydrogen-bond donors (Lipinski definition) is 2. The molecule has 1 atom stereocenters. The molecular weight excluding hydrogens is 392 g/mol. The summed E-state index contributed by atoms with van der Waals surface area (Å²) in [6.07, 6.45) is 4.83. The molecule has 164 valence electrons. The molecule has 7 nitrogen and oxygen atoms in total. The number of nitrogens with one attached hydrogen (secondary N) is 2. The van der Waals surface area contributed by atoms with Gasteiger partial charge in [0.05, 0.1) is 6.42 Å². The summed E-state index contributed by atoms with van der Waals surface area (Å²) in [5, 5.41) is 5.95. The lowest BCUT2D eigenvalue weighted by molar-refractivity contribution is -0.130. The predicted molar refractivity (Wildman–Crippen MR) is 118 cm³/mol. The normalized spacial score (nSPS) is 15.4. The van der Waals surface area contributed by atoms with Crippen molar-refractivity contribution in [2.45, 2.75) is 45.2 Å². The van der Waals surface area contributed by atoms with E-state index in [1.165, 1.54) is 0 Å². The van der Waals surface area contributed by atoms with E-state index < -0.39 is 6.04 Å². The molecule has 0 aliphatic carbocycles. The minimum atomic E-state index is -0.590. The van der Waals surface area contributed by atoms with Crippen molar-refractivity contribution >= 4 is 17.7 Å². The zero-order valence-electron chi connectivity index (χ0n) is 18.1. The molecule has 3 rings (SSSR count). The molecule has 1 aliphatic heterocycles. The van der Waals surface area contributed by atoms with Crippen LogP contribution in [0.1, 0.15) is 42.6 Å². The van der Waals surface area contributed by atoms with E-state index in [-0.39, 0.29) is 36.1 Å². The minimum Gasteiger partial charge on any atom is -0.351 e. The van der Waals surface area contributed by atoms with Gasteiger partial charge >= 0.3 is 0 Å². The fourth-order valence-electron chi connectivity index (χ4n) is 3.74. The first kappa shape index (κ1) is 22.5. The summed E-state index contributed by atoms with van der Waals surface area (Å²) >= 11 is 0. The van der Waals surface area contributed by atoms with Crippen LogP contribution in [0.2, 0.25) is 0 Å². The van der Waals surface area contributed by atoms with Crippen LogP contribution in [-0.2, 0) is 16.0 Å². The quantitative estimate of drug-likeness (QED) is 0.716. The van der Waals surface area contributed by atoms with Crippen LogP contribution < -0.4 is 10.6 Å². The highest BCUT2D eigenvalue weighted by atomic mass is 16.2. The summed E-state index contributed by atoms with van der Waals surface area (Å²) in [5.41, 5.74) is 1.53. The van der Waals surface area contributed by atoms with Crippen LogP contribution in [0.3, 0.4) is 0 Å². The Balaban J connectivity index is 1.50. The van der Waals surface area contributed by atoms with Crippen LogP contribution in [0.5, 0.6) is 0 Å². The second-order valence-corrected chi connectivity index (χ2v) is 8.26. The Labute approximate surface area is 183 Å². The van der Waals surface area contributed by atoms with E-state index >= 15 is 0 Å². The largest absolute Gasteiger partial charge is 0.351 e. The van der Waals surface area contributed by atoms with Crippen molar-refractivity contribution in [3.8, 4) is 0 Å². The average Bonchev–Trinajstić information content (AvgIpc) is 2.78. The van der Waals surface area contributed by atoms with Crippen molar-refractivity contribution in [1.29, 1.82) is 0 Å². The fraction of sp³-hybridized carbons (Fsp3) is 0.417. The van der Waals surface area contributed by atoms with Crippen LogP contribution in [-0.4, -0.2) is 52.8 Å². The third-order valence-corrected chi connectivity index (χ3v) is 5.53. The molecule has 2 aromatic rings. The molecule has 7 heteroatoms. The molecule has 1 aliphatic rings. The number of carbonyl (C=O) groups excluding carboxylic acids is 3. The van der Waals surface area contributed by atoms with E-state index in [1.54, 1.807) is 29.4 Å². The molecule has 1 aromatic carbocycles. The fourth-order valence-corrected chi connectivity index (χ4v) is 3.74. The van der Waals surface area contributed by atoms with E-state index in [1.807, 2.05) is 44.2 Å². The summed E-state index contributed by atoms with van der Waals surface area (Å²) in [7, 11) is 0. The highest BCUT2D eigenvalue weighted by Gasteiger charge is 2.29. The van der Waals surface area contributed by atoms with Crippen molar-refractivity contribution in [3.63, 3.8) is 0 Å². The Morgan fingerprint density at radius 1 is 1.03 bits per heavy atom. The van der Waals surface area contributed by atoms with Gasteiger partial charge in [0, 0.05) is 37.1 Å². The summed E-state index contributed by atoms with van der Waals surface area (Å²) in [4.78, 5) is 43.6. The van der Waals surface area contributed by atoms with Gasteiger partial charge < -0.3 is 15.5 Å². The Morgan fingerprint density at radius 3 is 2.29 bits per heavy atom. The zero-order chi connectivity index (χ0) is 22.2. The Hall–Kier alpha value is -3.22. The standard InChI is InChI=1S/C24H30N4O3/c1-17(2)22(27-21(29)16-18-6-4-3-5-7-18)23(30)26-20-10-14-28(15-11-20)24(31)19-8-12-25-13-9-19/h3-9,12-13,17,20,22H,10-11,14-16H2,1-2H3,(H,26,30)(H,27,29). The summed E-state index contributed by atoms with van der Waals surface area (Å²) < 4.78 is 0. The first-order valence-corrected chi connectivity index (χ1v) is 10.8. The molecule has 0 saturated carbocycles. The van der Waals surface area contributed by atoms with Crippen molar-refractivity contribution in [3.05, 3.63) is 66.0 Å². The third kappa shape index (κ3) is 6.38. The van der Waals surface area contributed by atoms with Crippen LogP contribution >= 0.6 is 0 Å². The Kier molecular flexibility index (Phi) is 7.76. The Morgan fingerprint density at radius 2 is 1.68 bits per heavy atom. The van der Waals surface area contributed by atoms with Gasteiger partial charge in [-0.3, -0.25) is 19.4 Å². The van der Waals surface area contributed by atoms with Crippen molar-refractivity contribution in [2.75, 3.05) is 13.1 Å². The van der Waals surface area contributed by atoms with E-state index in [0.717, 1.165) is 5.56 Å². The average molecular weight is 423 g/mol. The molecule has 2 N–H and O–H groups in total. The molecule has 2 heterocycles. The molecular formula is C24H30N4O3. The van der Waals surface area contributed by atoms with Crippen molar-refractivity contribution in [1.82, 2.24) is 20.5 Å². The molecule has 0 radical (unpaired) electrons. The second kappa shape index (κ2) is 10.7. The van der Waals surface area contributed by atoms with Gasteiger partial charge in [0.15, 0.2) is 0 Å². The first-order chi connectivity index (χ1) is 14.9. The maximum absolute atomic E-state index is 12.9. The van der Waals surface area contributed by atoms with E-state index in [9.17, 15) is 14.4 Å². The van der Waals surface area contributed by atoms with Gasteiger partial charge in [-0.15, -0.1) is 0 Å². The van der Waals surface area contributed by atoms with Crippen LogP contribution in [0, 0.1) is 5.92 Å². The van der Waals surface area contributed by atoms with Crippen LogP contribution in [0.15, 0.2) is 54.9 Å². The molecule has 0 spiro atoms. The van der Waals surface area contributed by atoms with Crippen molar-refractivity contribution in [2.24, 2.45) is 5.92 Å². The third-order valence-electron chi connectivity index (χ3n) is 5.53. The number of piperidine rings is 1. The smallest absolute Gasteiger partial charge is 0.253 e. The maximum Gasteiger partial charge on any atom is 0.253 e. The number of aromatic nitrogens is 1. The number of amides is 3. The molecule has 3 amide bonds. The number of rotatable bonds is 7. The van der Waals surface area contributed by atoms with Gasteiger partial charge in [-0.1, -0.05) is 44.2 Å². The number of carbonyl (C=O) groups is 3. The van der Waals surface area contributed by atoms with Gasteiger partial charge in [0.25, 0.3) is 5.91 Å². The first-order valence-electron chi connectivity index (χ1n) is 10.8. The number of likely N-dealkylation sites (tertiary alicyclic amines) is 1. The molecule has 31 heavy (non-hydrogen) atoms. The number of hydrogen-bond acceptors (Lipinski definition) is 4. The Bertz CT molecular complexity index is 878. The second-order valence-electron chi connectivity index (χ2n) is 8.26. The van der Waals surface area contributed by atoms with Gasteiger partial charge in [0.1, 0.15) is 6.04 Å². The number of benzene rings is 1. The van der Waals surface area contributed by atoms with Gasteiger partial charge in [-0.2, -0.15) is 0 Å². The molecule has 1 saturated heterocycles. The van der Waals surface area contributed by atoms with Crippen LogP contribution in [0.4, 0.5) is 0 Å². The predicted octanol–water partition coefficient (Wildman–Crippen LogP) is 2.19. The van der Waals surface area contributed by atoms with E-state index in [2.05, 4.69) is 15.6 Å². The zero-order valence-corrected chi connectivity index (χ0v) is 18.1. The number of pyridine rings is 1. The summed E-state index contributed by atoms with van der Waals surface area (Å²) in [6, 6.07) is 12.3. The van der Waals surface area contributed by atoms with Gasteiger partial charge in [0.2, 0.25) is 11.8 Å². The summed E-state index contributed by atoms with van der Waals surface area (Å²) in [6.45, 7) is 5.00.